The second-order valence-electron chi connectivity index (χ2n) is 8.34. The normalized spacial score (nSPS) is 20.5. The fourth-order valence-electron chi connectivity index (χ4n) is 4.34. The van der Waals surface area contributed by atoms with Crippen LogP contribution in [-0.4, -0.2) is 90.2 Å². The van der Waals surface area contributed by atoms with Crippen molar-refractivity contribution in [1.29, 1.82) is 0 Å². The maximum atomic E-state index is 13.1. The lowest BCUT2D eigenvalue weighted by atomic mass is 10.1. The quantitative estimate of drug-likeness (QED) is 0.522. The predicted molar refractivity (Wildman–Crippen MR) is 121 cm³/mol. The molecular formula is C22H28FN5O4S. The number of amides is 1. The van der Waals surface area contributed by atoms with Gasteiger partial charge in [-0.05, 0) is 43.3 Å². The van der Waals surface area contributed by atoms with Gasteiger partial charge in [-0.25, -0.2) is 17.1 Å². The highest BCUT2D eigenvalue weighted by Gasteiger charge is 2.32. The summed E-state index contributed by atoms with van der Waals surface area (Å²) in [6.45, 7) is 4.31. The van der Waals surface area contributed by atoms with Crippen LogP contribution in [0.4, 0.5) is 4.39 Å². The van der Waals surface area contributed by atoms with Crippen LogP contribution in [0.2, 0.25) is 0 Å². The summed E-state index contributed by atoms with van der Waals surface area (Å²) in [4.78, 5) is 16.8. The zero-order chi connectivity index (χ0) is 23.6. The van der Waals surface area contributed by atoms with Crippen LogP contribution in [0.25, 0.3) is 0 Å². The van der Waals surface area contributed by atoms with Crippen molar-refractivity contribution >= 4 is 21.6 Å². The summed E-state index contributed by atoms with van der Waals surface area (Å²) in [7, 11) is -2.09. The number of oxime groups is 1. The van der Waals surface area contributed by atoms with E-state index in [1.165, 1.54) is 35.6 Å². The molecule has 0 radical (unpaired) electrons. The smallest absolute Gasteiger partial charge is 0.253 e. The molecule has 1 fully saturated rings. The first kappa shape index (κ1) is 23.4. The summed E-state index contributed by atoms with van der Waals surface area (Å²) in [5.74, 6) is -0.454. The van der Waals surface area contributed by atoms with Crippen molar-refractivity contribution in [2.75, 3.05) is 46.3 Å². The molecule has 178 valence electrons. The molecular weight excluding hydrogens is 449 g/mol. The Labute approximate surface area is 192 Å². The Hall–Kier alpha value is -2.76. The van der Waals surface area contributed by atoms with Crippen molar-refractivity contribution in [1.82, 2.24) is 18.7 Å². The lowest BCUT2D eigenvalue weighted by molar-refractivity contribution is 0.0634. The Bertz CT molecular complexity index is 1140. The standard InChI is InChI=1S/C22H28FN5O4S/c1-25-11-7-19(24-30)21-20(33(25,31)32)8-12-27(21)10-2-9-26-13-15-28(16-14-26)22(29)17-3-5-18(23)6-4-17/h3-6,8,12,30H,2,7,9-11,13-16H2,1H3. The predicted octanol–water partition coefficient (Wildman–Crippen LogP) is 1.68. The number of hydrogen-bond donors (Lipinski definition) is 1. The van der Waals surface area contributed by atoms with Crippen molar-refractivity contribution in [3.8, 4) is 0 Å². The molecule has 4 rings (SSSR count). The third-order valence-corrected chi connectivity index (χ3v) is 8.18. The van der Waals surface area contributed by atoms with Gasteiger partial charge in [0.2, 0.25) is 10.0 Å². The number of benzene rings is 1. The van der Waals surface area contributed by atoms with Crippen LogP contribution >= 0.6 is 0 Å². The second-order valence-corrected chi connectivity index (χ2v) is 10.4. The number of aromatic nitrogens is 1. The first-order chi connectivity index (χ1) is 15.8. The van der Waals surface area contributed by atoms with Gasteiger partial charge in [0.1, 0.15) is 16.4 Å². The molecule has 1 saturated heterocycles. The van der Waals surface area contributed by atoms with Crippen LogP contribution in [0.3, 0.4) is 0 Å². The van der Waals surface area contributed by atoms with E-state index < -0.39 is 10.0 Å². The van der Waals surface area contributed by atoms with Crippen LogP contribution < -0.4 is 0 Å². The number of piperazine rings is 1. The molecule has 0 saturated carbocycles. The Morgan fingerprint density at radius 2 is 1.76 bits per heavy atom. The van der Waals surface area contributed by atoms with Crippen LogP contribution in [-0.2, 0) is 16.6 Å². The van der Waals surface area contributed by atoms with Crippen LogP contribution in [0.1, 0.15) is 28.9 Å². The Balaban J connectivity index is 1.33. The highest BCUT2D eigenvalue weighted by Crippen LogP contribution is 2.26. The summed E-state index contributed by atoms with van der Waals surface area (Å²) < 4.78 is 41.7. The molecule has 33 heavy (non-hydrogen) atoms. The Kier molecular flexibility index (Phi) is 6.82. The van der Waals surface area contributed by atoms with Gasteiger partial charge in [-0.3, -0.25) is 9.69 Å². The van der Waals surface area contributed by atoms with Gasteiger partial charge in [-0.15, -0.1) is 0 Å². The molecule has 0 atom stereocenters. The Morgan fingerprint density at radius 3 is 2.42 bits per heavy atom. The third kappa shape index (κ3) is 4.80. The fourth-order valence-corrected chi connectivity index (χ4v) is 5.72. The highest BCUT2D eigenvalue weighted by atomic mass is 32.2. The van der Waals surface area contributed by atoms with Gasteiger partial charge >= 0.3 is 0 Å². The average Bonchev–Trinajstić information content (AvgIpc) is 3.20. The van der Waals surface area contributed by atoms with Crippen LogP contribution in [0.5, 0.6) is 0 Å². The van der Waals surface area contributed by atoms with E-state index in [1.54, 1.807) is 17.2 Å². The zero-order valence-electron chi connectivity index (χ0n) is 18.5. The summed E-state index contributed by atoms with van der Waals surface area (Å²) in [5, 5.41) is 12.8. The maximum Gasteiger partial charge on any atom is 0.253 e. The number of nitrogens with zero attached hydrogens (tertiary/aromatic N) is 5. The minimum Gasteiger partial charge on any atom is -0.411 e. The SMILES string of the molecule is CN1CCC(=NO)c2c(ccn2CCCN2CCN(C(=O)c3ccc(F)cc3)CC2)S1(=O)=O. The van der Waals surface area contributed by atoms with E-state index in [1.807, 2.05) is 4.57 Å². The van der Waals surface area contributed by atoms with Crippen molar-refractivity contribution in [3.05, 3.63) is 53.6 Å². The van der Waals surface area contributed by atoms with Crippen LogP contribution in [0, 0.1) is 5.82 Å². The number of hydrogen-bond acceptors (Lipinski definition) is 6. The molecule has 2 aliphatic heterocycles. The number of rotatable bonds is 5. The first-order valence-corrected chi connectivity index (χ1v) is 12.4. The van der Waals surface area contributed by atoms with E-state index in [0.29, 0.717) is 43.0 Å². The topological polar surface area (TPSA) is 98.4 Å². The Morgan fingerprint density at radius 1 is 1.06 bits per heavy atom. The zero-order valence-corrected chi connectivity index (χ0v) is 19.3. The van der Waals surface area contributed by atoms with Gasteiger partial charge in [-0.1, -0.05) is 5.16 Å². The number of aryl methyl sites for hydroxylation is 1. The number of halogens is 1. The summed E-state index contributed by atoms with van der Waals surface area (Å²) in [6.07, 6.45) is 2.85. The van der Waals surface area contributed by atoms with Gasteiger partial charge in [0.15, 0.2) is 0 Å². The molecule has 1 aromatic heterocycles. The molecule has 2 aromatic rings. The van der Waals surface area contributed by atoms with E-state index in [-0.39, 0.29) is 23.2 Å². The molecule has 1 aromatic carbocycles. The molecule has 2 aliphatic rings. The van der Waals surface area contributed by atoms with Gasteiger partial charge in [0.25, 0.3) is 5.91 Å². The van der Waals surface area contributed by atoms with Gasteiger partial charge in [-0.2, -0.15) is 0 Å². The second kappa shape index (κ2) is 9.62. The first-order valence-electron chi connectivity index (χ1n) is 10.9. The minimum atomic E-state index is -3.61. The average molecular weight is 478 g/mol. The molecule has 1 N–H and O–H groups in total. The maximum absolute atomic E-state index is 13.1. The number of carbonyl (C=O) groups excluding carboxylic acids is 1. The molecule has 9 nitrogen and oxygen atoms in total. The summed E-state index contributed by atoms with van der Waals surface area (Å²) >= 11 is 0. The van der Waals surface area contributed by atoms with E-state index in [9.17, 15) is 22.8 Å². The highest BCUT2D eigenvalue weighted by molar-refractivity contribution is 7.89. The van der Waals surface area contributed by atoms with E-state index in [0.717, 1.165) is 26.1 Å². The molecule has 1 amide bonds. The minimum absolute atomic E-state index is 0.0910. The number of sulfonamides is 1. The third-order valence-electron chi connectivity index (χ3n) is 6.30. The molecule has 11 heteroatoms. The van der Waals surface area contributed by atoms with Crippen molar-refractivity contribution in [3.63, 3.8) is 0 Å². The monoisotopic (exact) mass is 477 g/mol. The van der Waals surface area contributed by atoms with Crippen molar-refractivity contribution in [2.24, 2.45) is 5.16 Å². The van der Waals surface area contributed by atoms with E-state index in [4.69, 9.17) is 0 Å². The molecule has 0 aliphatic carbocycles. The molecule has 0 spiro atoms. The lowest BCUT2D eigenvalue weighted by Gasteiger charge is -2.34. The van der Waals surface area contributed by atoms with Crippen LogP contribution in [0.15, 0.2) is 46.6 Å². The molecule has 3 heterocycles. The molecule has 0 bridgehead atoms. The summed E-state index contributed by atoms with van der Waals surface area (Å²) in [5.41, 5.74) is 1.31. The van der Waals surface area contributed by atoms with Gasteiger partial charge in [0, 0.05) is 64.5 Å². The van der Waals surface area contributed by atoms with Gasteiger partial charge in [0.05, 0.1) is 5.69 Å². The number of fused-ring (bicyclic) bond motifs is 1. The van der Waals surface area contributed by atoms with E-state index >= 15 is 0 Å². The largest absolute Gasteiger partial charge is 0.411 e. The summed E-state index contributed by atoms with van der Waals surface area (Å²) in [6, 6.07) is 7.17. The number of carbonyl (C=O) groups is 1. The van der Waals surface area contributed by atoms with E-state index in [2.05, 4.69) is 10.1 Å². The van der Waals surface area contributed by atoms with Crippen molar-refractivity contribution in [2.45, 2.75) is 24.3 Å². The fraction of sp³-hybridized carbons (Fsp3) is 0.455. The van der Waals surface area contributed by atoms with Gasteiger partial charge < -0.3 is 14.7 Å². The van der Waals surface area contributed by atoms with Crippen molar-refractivity contribution < 1.29 is 22.8 Å². The lowest BCUT2D eigenvalue weighted by Crippen LogP contribution is -2.48. The molecule has 0 unspecified atom stereocenters.